The van der Waals surface area contributed by atoms with Crippen LogP contribution in [0.15, 0.2) is 0 Å². The van der Waals surface area contributed by atoms with Crippen LogP contribution in [0.4, 0.5) is 0 Å². The first-order valence-corrected chi connectivity index (χ1v) is 7.08. The van der Waals surface area contributed by atoms with Crippen LogP contribution in [0.25, 0.3) is 0 Å². The minimum atomic E-state index is -0.320. The van der Waals surface area contributed by atoms with Crippen LogP contribution in [0.3, 0.4) is 0 Å². The molecule has 0 aliphatic carbocycles. The molecule has 0 aromatic heterocycles. The SMILES string of the molecule is O=C1NCCCCC1NC(=O)C1CC2CCC1N2. The van der Waals surface area contributed by atoms with E-state index >= 15 is 0 Å². The fourth-order valence-corrected chi connectivity index (χ4v) is 3.47. The molecule has 3 saturated heterocycles. The largest absolute Gasteiger partial charge is 0.354 e. The highest BCUT2D eigenvalue weighted by atomic mass is 16.2. The summed E-state index contributed by atoms with van der Waals surface area (Å²) in [7, 11) is 0. The predicted molar refractivity (Wildman–Crippen MR) is 66.8 cm³/mol. The van der Waals surface area contributed by atoms with Crippen LogP contribution in [0.1, 0.15) is 38.5 Å². The van der Waals surface area contributed by atoms with Gasteiger partial charge in [0.1, 0.15) is 6.04 Å². The minimum absolute atomic E-state index is 0.0167. The van der Waals surface area contributed by atoms with Crippen LogP contribution >= 0.6 is 0 Å². The van der Waals surface area contributed by atoms with Crippen LogP contribution in [-0.4, -0.2) is 36.5 Å². The van der Waals surface area contributed by atoms with Gasteiger partial charge in [-0.25, -0.2) is 0 Å². The van der Waals surface area contributed by atoms with Gasteiger partial charge in [0.2, 0.25) is 11.8 Å². The standard InChI is InChI=1S/C13H21N3O2/c17-12(9-7-8-4-5-10(9)15-8)16-11-3-1-2-6-14-13(11)18/h8-11,15H,1-7H2,(H,14,18)(H,16,17). The quantitative estimate of drug-likeness (QED) is 0.642. The molecular weight excluding hydrogens is 230 g/mol. The second kappa shape index (κ2) is 4.88. The molecule has 4 atom stereocenters. The number of amides is 2. The van der Waals surface area contributed by atoms with E-state index in [0.29, 0.717) is 12.1 Å². The third-order valence-corrected chi connectivity index (χ3v) is 4.49. The molecule has 18 heavy (non-hydrogen) atoms. The smallest absolute Gasteiger partial charge is 0.242 e. The van der Waals surface area contributed by atoms with Gasteiger partial charge in [-0.3, -0.25) is 9.59 Å². The number of rotatable bonds is 2. The fraction of sp³-hybridized carbons (Fsp3) is 0.846. The van der Waals surface area contributed by atoms with E-state index in [-0.39, 0.29) is 23.8 Å². The Kier molecular flexibility index (Phi) is 3.24. The second-order valence-corrected chi connectivity index (χ2v) is 5.74. The van der Waals surface area contributed by atoms with Crippen molar-refractivity contribution >= 4 is 11.8 Å². The molecule has 0 aromatic carbocycles. The van der Waals surface area contributed by atoms with Gasteiger partial charge in [-0.1, -0.05) is 0 Å². The van der Waals surface area contributed by atoms with E-state index in [4.69, 9.17) is 0 Å². The maximum Gasteiger partial charge on any atom is 0.242 e. The lowest BCUT2D eigenvalue weighted by Crippen LogP contribution is -2.49. The molecule has 3 fully saturated rings. The lowest BCUT2D eigenvalue weighted by molar-refractivity contribution is -0.131. The Bertz CT molecular complexity index is 358. The molecule has 3 heterocycles. The van der Waals surface area contributed by atoms with Crippen molar-refractivity contribution in [1.29, 1.82) is 0 Å². The molecule has 0 aromatic rings. The summed E-state index contributed by atoms with van der Waals surface area (Å²) in [5.74, 6) is 0.119. The highest BCUT2D eigenvalue weighted by Gasteiger charge is 2.43. The molecule has 3 aliphatic heterocycles. The van der Waals surface area contributed by atoms with E-state index < -0.39 is 0 Å². The first-order chi connectivity index (χ1) is 8.74. The summed E-state index contributed by atoms with van der Waals surface area (Å²) in [4.78, 5) is 24.0. The molecule has 100 valence electrons. The number of fused-ring (bicyclic) bond motifs is 2. The Morgan fingerprint density at radius 3 is 2.83 bits per heavy atom. The molecule has 0 spiro atoms. The third-order valence-electron chi connectivity index (χ3n) is 4.49. The molecule has 2 amide bonds. The predicted octanol–water partition coefficient (Wildman–Crippen LogP) is -0.0882. The summed E-state index contributed by atoms with van der Waals surface area (Å²) in [6, 6.07) is 0.539. The van der Waals surface area contributed by atoms with Gasteiger partial charge >= 0.3 is 0 Å². The van der Waals surface area contributed by atoms with Crippen LogP contribution in [0.5, 0.6) is 0 Å². The molecule has 0 radical (unpaired) electrons. The molecule has 5 nitrogen and oxygen atoms in total. The third kappa shape index (κ3) is 2.23. The summed E-state index contributed by atoms with van der Waals surface area (Å²) in [6.45, 7) is 0.737. The van der Waals surface area contributed by atoms with Gasteiger partial charge in [-0.15, -0.1) is 0 Å². The van der Waals surface area contributed by atoms with Crippen LogP contribution in [0.2, 0.25) is 0 Å². The first-order valence-electron chi connectivity index (χ1n) is 7.08. The summed E-state index contributed by atoms with van der Waals surface area (Å²) in [6.07, 6.45) is 6.00. The molecule has 5 heteroatoms. The number of hydrogen-bond donors (Lipinski definition) is 3. The first kappa shape index (κ1) is 12.0. The van der Waals surface area contributed by atoms with Crippen LogP contribution in [-0.2, 0) is 9.59 Å². The van der Waals surface area contributed by atoms with Crippen molar-refractivity contribution < 1.29 is 9.59 Å². The van der Waals surface area contributed by atoms with Crippen molar-refractivity contribution in [1.82, 2.24) is 16.0 Å². The van der Waals surface area contributed by atoms with Crippen LogP contribution in [0, 0.1) is 5.92 Å². The highest BCUT2D eigenvalue weighted by molar-refractivity contribution is 5.89. The van der Waals surface area contributed by atoms with E-state index in [9.17, 15) is 9.59 Å². The van der Waals surface area contributed by atoms with Crippen molar-refractivity contribution in [2.24, 2.45) is 5.92 Å². The summed E-state index contributed by atoms with van der Waals surface area (Å²) in [5.41, 5.74) is 0. The van der Waals surface area contributed by atoms with Gasteiger partial charge in [0.15, 0.2) is 0 Å². The molecule has 3 aliphatic rings. The fourth-order valence-electron chi connectivity index (χ4n) is 3.47. The van der Waals surface area contributed by atoms with Crippen LogP contribution < -0.4 is 16.0 Å². The second-order valence-electron chi connectivity index (χ2n) is 5.74. The Morgan fingerprint density at radius 1 is 1.22 bits per heavy atom. The van der Waals surface area contributed by atoms with Gasteiger partial charge in [-0.05, 0) is 38.5 Å². The number of carbonyl (C=O) groups excluding carboxylic acids is 2. The van der Waals surface area contributed by atoms with Gasteiger partial charge in [0, 0.05) is 18.6 Å². The van der Waals surface area contributed by atoms with E-state index in [1.54, 1.807) is 0 Å². The zero-order valence-corrected chi connectivity index (χ0v) is 10.6. The molecular formula is C13H21N3O2. The Balaban J connectivity index is 1.58. The van der Waals surface area contributed by atoms with Gasteiger partial charge in [-0.2, -0.15) is 0 Å². The van der Waals surface area contributed by atoms with Gasteiger partial charge in [0.25, 0.3) is 0 Å². The van der Waals surface area contributed by atoms with Crippen molar-refractivity contribution in [3.05, 3.63) is 0 Å². The lowest BCUT2D eigenvalue weighted by Gasteiger charge is -2.22. The lowest BCUT2D eigenvalue weighted by atomic mass is 9.88. The molecule has 3 rings (SSSR count). The highest BCUT2D eigenvalue weighted by Crippen LogP contribution is 2.33. The minimum Gasteiger partial charge on any atom is -0.354 e. The van der Waals surface area contributed by atoms with Crippen molar-refractivity contribution in [2.45, 2.75) is 56.7 Å². The number of carbonyl (C=O) groups is 2. The topological polar surface area (TPSA) is 70.2 Å². The summed E-state index contributed by atoms with van der Waals surface area (Å²) in [5, 5.41) is 9.26. The van der Waals surface area contributed by atoms with Crippen molar-refractivity contribution in [3.63, 3.8) is 0 Å². The number of hydrogen-bond acceptors (Lipinski definition) is 3. The maximum absolute atomic E-state index is 12.2. The van der Waals surface area contributed by atoms with Crippen molar-refractivity contribution in [3.8, 4) is 0 Å². The Hall–Kier alpha value is -1.10. The van der Waals surface area contributed by atoms with E-state index in [0.717, 1.165) is 38.6 Å². The maximum atomic E-state index is 12.2. The van der Waals surface area contributed by atoms with E-state index in [1.165, 1.54) is 6.42 Å². The summed E-state index contributed by atoms with van der Waals surface area (Å²) < 4.78 is 0. The zero-order valence-electron chi connectivity index (χ0n) is 10.6. The monoisotopic (exact) mass is 251 g/mol. The average Bonchev–Trinajstić information content (AvgIpc) is 2.93. The van der Waals surface area contributed by atoms with E-state index in [2.05, 4.69) is 16.0 Å². The normalized spacial score (nSPS) is 39.2. The van der Waals surface area contributed by atoms with E-state index in [1.807, 2.05) is 0 Å². The van der Waals surface area contributed by atoms with Gasteiger partial charge in [0.05, 0.1) is 5.92 Å². The average molecular weight is 251 g/mol. The number of nitrogens with one attached hydrogen (secondary N) is 3. The Morgan fingerprint density at radius 2 is 2.11 bits per heavy atom. The molecule has 2 bridgehead atoms. The zero-order chi connectivity index (χ0) is 12.5. The van der Waals surface area contributed by atoms with Gasteiger partial charge < -0.3 is 16.0 Å². The Labute approximate surface area is 107 Å². The molecule has 4 unspecified atom stereocenters. The molecule has 3 N–H and O–H groups in total. The van der Waals surface area contributed by atoms with Crippen molar-refractivity contribution in [2.75, 3.05) is 6.54 Å². The summed E-state index contributed by atoms with van der Waals surface area (Å²) >= 11 is 0. The molecule has 0 saturated carbocycles.